The van der Waals surface area contributed by atoms with Crippen LogP contribution in [-0.4, -0.2) is 31.9 Å². The molecule has 0 radical (unpaired) electrons. The predicted molar refractivity (Wildman–Crippen MR) is 82.5 cm³/mol. The van der Waals surface area contributed by atoms with Crippen LogP contribution >= 0.6 is 23.1 Å². The molecule has 0 saturated heterocycles. The Hall–Kier alpha value is -1.41. The fourth-order valence-electron chi connectivity index (χ4n) is 2.25. The van der Waals surface area contributed by atoms with E-state index in [1.54, 1.807) is 23.5 Å². The second-order valence-corrected chi connectivity index (χ2v) is 6.84. The number of hydrogen-bond acceptors (Lipinski definition) is 6. The highest BCUT2D eigenvalue weighted by molar-refractivity contribution is 8.00. The summed E-state index contributed by atoms with van der Waals surface area (Å²) in [6, 6.07) is -0.0700. The number of hydrogen-bond donors (Lipinski definition) is 1. The Morgan fingerprint density at radius 3 is 3.05 bits per heavy atom. The van der Waals surface area contributed by atoms with E-state index in [9.17, 15) is 4.79 Å². The molecule has 1 atom stereocenters. The van der Waals surface area contributed by atoms with Crippen molar-refractivity contribution in [3.05, 3.63) is 23.2 Å². The van der Waals surface area contributed by atoms with Gasteiger partial charge in [-0.3, -0.25) is 4.79 Å². The molecule has 1 aliphatic carbocycles. The molecular weight excluding hydrogens is 306 g/mol. The lowest BCUT2D eigenvalue weighted by atomic mass is 10.1. The molecule has 1 aliphatic rings. The third-order valence-electron chi connectivity index (χ3n) is 3.49. The van der Waals surface area contributed by atoms with Gasteiger partial charge in [0.25, 0.3) is 5.91 Å². The molecule has 0 aromatic carbocycles. The van der Waals surface area contributed by atoms with Crippen LogP contribution in [-0.2, 0) is 6.54 Å². The highest BCUT2D eigenvalue weighted by atomic mass is 32.2. The zero-order valence-corrected chi connectivity index (χ0v) is 13.6. The van der Waals surface area contributed by atoms with Gasteiger partial charge in [0, 0.05) is 11.9 Å². The summed E-state index contributed by atoms with van der Waals surface area (Å²) < 4.78 is 2.75. The first-order chi connectivity index (χ1) is 10.2. The second-order valence-electron chi connectivity index (χ2n) is 4.93. The first kappa shape index (κ1) is 14.5. The topological polar surface area (TPSA) is 72.7 Å². The average Bonchev–Trinajstić information content (AvgIpc) is 3.05. The Labute approximate surface area is 131 Å². The van der Waals surface area contributed by atoms with Crippen LogP contribution in [0.2, 0.25) is 0 Å². The predicted octanol–water partition coefficient (Wildman–Crippen LogP) is 2.36. The fraction of sp³-hybridized carbons (Fsp3) is 0.538. The van der Waals surface area contributed by atoms with Gasteiger partial charge in [-0.1, -0.05) is 11.8 Å². The SMILES string of the molecule is CCn1ncnc1[C@H](NC(=O)c1csc(SC)n1)C1CC1. The van der Waals surface area contributed by atoms with Gasteiger partial charge in [0.05, 0.1) is 6.04 Å². The molecule has 21 heavy (non-hydrogen) atoms. The smallest absolute Gasteiger partial charge is 0.271 e. The van der Waals surface area contributed by atoms with Gasteiger partial charge in [0.15, 0.2) is 0 Å². The van der Waals surface area contributed by atoms with Crippen molar-refractivity contribution in [1.82, 2.24) is 25.1 Å². The highest BCUT2D eigenvalue weighted by Crippen LogP contribution is 2.40. The highest BCUT2D eigenvalue weighted by Gasteiger charge is 2.36. The van der Waals surface area contributed by atoms with Crippen molar-refractivity contribution < 1.29 is 4.79 Å². The van der Waals surface area contributed by atoms with Gasteiger partial charge in [0.1, 0.15) is 22.2 Å². The van der Waals surface area contributed by atoms with Gasteiger partial charge in [-0.25, -0.2) is 14.6 Å². The summed E-state index contributed by atoms with van der Waals surface area (Å²) in [4.78, 5) is 21.0. The summed E-state index contributed by atoms with van der Waals surface area (Å²) >= 11 is 3.04. The third-order valence-corrected chi connectivity index (χ3v) is 5.36. The molecule has 1 amide bonds. The van der Waals surface area contributed by atoms with E-state index in [1.807, 2.05) is 17.9 Å². The van der Waals surface area contributed by atoms with Crippen molar-refractivity contribution in [3.8, 4) is 0 Å². The lowest BCUT2D eigenvalue weighted by Crippen LogP contribution is -2.32. The second kappa shape index (κ2) is 6.15. The fourth-order valence-corrected chi connectivity index (χ4v) is 3.49. The van der Waals surface area contributed by atoms with Crippen molar-refractivity contribution in [2.45, 2.75) is 36.7 Å². The van der Waals surface area contributed by atoms with Crippen LogP contribution in [0.25, 0.3) is 0 Å². The summed E-state index contributed by atoms with van der Waals surface area (Å²) in [5.74, 6) is 1.17. The molecule has 6 nitrogen and oxygen atoms in total. The van der Waals surface area contributed by atoms with Crippen molar-refractivity contribution in [2.75, 3.05) is 6.26 Å². The average molecular weight is 323 g/mol. The Kier molecular flexibility index (Phi) is 4.25. The molecule has 1 fully saturated rings. The van der Waals surface area contributed by atoms with Crippen molar-refractivity contribution >= 4 is 29.0 Å². The summed E-state index contributed by atoms with van der Waals surface area (Å²) in [7, 11) is 0. The van der Waals surface area contributed by atoms with Crippen molar-refractivity contribution in [1.29, 1.82) is 0 Å². The first-order valence-electron chi connectivity index (χ1n) is 6.91. The largest absolute Gasteiger partial charge is 0.340 e. The van der Waals surface area contributed by atoms with Gasteiger partial charge in [-0.05, 0) is 31.9 Å². The van der Waals surface area contributed by atoms with E-state index in [-0.39, 0.29) is 11.9 Å². The minimum Gasteiger partial charge on any atom is -0.340 e. The molecule has 8 heteroatoms. The molecule has 1 saturated carbocycles. The first-order valence-corrected chi connectivity index (χ1v) is 9.01. The van der Waals surface area contributed by atoms with Crippen LogP contribution in [0.3, 0.4) is 0 Å². The van der Waals surface area contributed by atoms with E-state index in [0.29, 0.717) is 11.6 Å². The maximum atomic E-state index is 12.4. The lowest BCUT2D eigenvalue weighted by Gasteiger charge is -2.17. The molecule has 2 heterocycles. The Morgan fingerprint density at radius 1 is 1.62 bits per heavy atom. The van der Waals surface area contributed by atoms with E-state index >= 15 is 0 Å². The summed E-state index contributed by atoms with van der Waals surface area (Å²) in [5.41, 5.74) is 0.484. The number of thioether (sulfide) groups is 1. The molecule has 0 bridgehead atoms. The maximum Gasteiger partial charge on any atom is 0.271 e. The molecule has 0 aliphatic heterocycles. The number of nitrogens with zero attached hydrogens (tertiary/aromatic N) is 4. The summed E-state index contributed by atoms with van der Waals surface area (Å²) in [6.45, 7) is 2.77. The van der Waals surface area contributed by atoms with E-state index in [4.69, 9.17) is 0 Å². The monoisotopic (exact) mass is 323 g/mol. The molecular formula is C13H17N5OS2. The normalized spacial score (nSPS) is 15.9. The number of aromatic nitrogens is 4. The third kappa shape index (κ3) is 3.11. The van der Waals surface area contributed by atoms with Crippen LogP contribution in [0.5, 0.6) is 0 Å². The van der Waals surface area contributed by atoms with Gasteiger partial charge in [-0.2, -0.15) is 5.10 Å². The molecule has 2 aromatic heterocycles. The number of carbonyl (C=O) groups excluding carboxylic acids is 1. The molecule has 3 rings (SSSR count). The molecule has 1 N–H and O–H groups in total. The maximum absolute atomic E-state index is 12.4. The van der Waals surface area contributed by atoms with E-state index < -0.39 is 0 Å². The molecule has 0 unspecified atom stereocenters. The van der Waals surface area contributed by atoms with Gasteiger partial charge >= 0.3 is 0 Å². The zero-order chi connectivity index (χ0) is 14.8. The zero-order valence-electron chi connectivity index (χ0n) is 11.9. The standard InChI is InChI=1S/C13H17N5OS2/c1-3-18-11(14-7-15-18)10(8-4-5-8)17-12(19)9-6-21-13(16-9)20-2/h6-8,10H,3-5H2,1-2H3,(H,17,19)/t10-/m1/s1. The number of amides is 1. The Morgan fingerprint density at radius 2 is 2.43 bits per heavy atom. The minimum atomic E-state index is -0.130. The number of carbonyl (C=O) groups is 1. The quantitative estimate of drug-likeness (QED) is 0.826. The van der Waals surface area contributed by atoms with Crippen LogP contribution in [0.1, 0.15) is 42.1 Å². The lowest BCUT2D eigenvalue weighted by molar-refractivity contribution is 0.0923. The van der Waals surface area contributed by atoms with E-state index in [2.05, 4.69) is 20.4 Å². The van der Waals surface area contributed by atoms with Gasteiger partial charge in [0.2, 0.25) is 0 Å². The Balaban J connectivity index is 1.78. The number of aryl methyl sites for hydroxylation is 1. The van der Waals surface area contributed by atoms with Gasteiger partial charge in [-0.15, -0.1) is 11.3 Å². The number of thiazole rings is 1. The summed E-state index contributed by atoms with van der Waals surface area (Å²) in [6.07, 6.45) is 5.75. The molecule has 0 spiro atoms. The van der Waals surface area contributed by atoms with Gasteiger partial charge < -0.3 is 5.32 Å². The molecule has 2 aromatic rings. The van der Waals surface area contributed by atoms with E-state index in [0.717, 1.165) is 29.6 Å². The van der Waals surface area contributed by atoms with Crippen molar-refractivity contribution in [3.63, 3.8) is 0 Å². The van der Waals surface area contributed by atoms with Crippen LogP contribution < -0.4 is 5.32 Å². The van der Waals surface area contributed by atoms with Crippen LogP contribution in [0.4, 0.5) is 0 Å². The minimum absolute atomic E-state index is 0.0700. The number of rotatable bonds is 6. The van der Waals surface area contributed by atoms with E-state index in [1.165, 1.54) is 11.3 Å². The number of nitrogens with one attached hydrogen (secondary N) is 1. The summed E-state index contributed by atoms with van der Waals surface area (Å²) in [5, 5.41) is 9.08. The van der Waals surface area contributed by atoms with Crippen LogP contribution in [0.15, 0.2) is 16.0 Å². The van der Waals surface area contributed by atoms with Crippen molar-refractivity contribution in [2.24, 2.45) is 5.92 Å². The van der Waals surface area contributed by atoms with Crippen LogP contribution in [0, 0.1) is 5.92 Å². The molecule has 112 valence electrons. The Bertz CT molecular complexity index is 634.